The minimum atomic E-state index is -0.630. The highest BCUT2D eigenvalue weighted by atomic mass is 16.5. The summed E-state index contributed by atoms with van der Waals surface area (Å²) in [5.74, 6) is 0.661. The third kappa shape index (κ3) is 3.74. The number of para-hydroxylation sites is 2. The zero-order valence-corrected chi connectivity index (χ0v) is 14.2. The summed E-state index contributed by atoms with van der Waals surface area (Å²) in [5, 5.41) is 5.55. The summed E-state index contributed by atoms with van der Waals surface area (Å²) < 4.78 is 11.3. The highest BCUT2D eigenvalue weighted by Gasteiger charge is 2.23. The Kier molecular flexibility index (Phi) is 4.88. The molecule has 0 aromatic heterocycles. The van der Waals surface area contributed by atoms with E-state index in [1.54, 1.807) is 18.2 Å². The summed E-state index contributed by atoms with van der Waals surface area (Å²) in [6, 6.07) is 12.8. The van der Waals surface area contributed by atoms with Gasteiger partial charge in [-0.2, -0.15) is 0 Å². The minimum Gasteiger partial charge on any atom is -0.480 e. The van der Waals surface area contributed by atoms with Gasteiger partial charge in [0.05, 0.1) is 11.4 Å². The van der Waals surface area contributed by atoms with Crippen molar-refractivity contribution in [3.05, 3.63) is 48.0 Å². The SMILES string of the molecule is CCC(Oc1ccccc1C)C(=O)Nc1cccc2c1OCC(=O)N2. The molecule has 2 N–H and O–H groups in total. The van der Waals surface area contributed by atoms with Gasteiger partial charge in [0.15, 0.2) is 18.5 Å². The van der Waals surface area contributed by atoms with Gasteiger partial charge in [-0.1, -0.05) is 31.2 Å². The van der Waals surface area contributed by atoms with Crippen LogP contribution in [0.15, 0.2) is 42.5 Å². The van der Waals surface area contributed by atoms with Crippen molar-refractivity contribution in [2.45, 2.75) is 26.4 Å². The zero-order chi connectivity index (χ0) is 17.8. The molecule has 0 aliphatic carbocycles. The molecule has 0 fully saturated rings. The van der Waals surface area contributed by atoms with E-state index in [4.69, 9.17) is 9.47 Å². The average molecular weight is 340 g/mol. The standard InChI is InChI=1S/C19H20N2O4/c1-3-15(25-16-10-5-4-7-12(16)2)19(23)21-14-9-6-8-13-18(14)24-11-17(22)20-13/h4-10,15H,3,11H2,1-2H3,(H,20,22)(H,21,23). The van der Waals surface area contributed by atoms with Crippen LogP contribution in [-0.4, -0.2) is 24.5 Å². The van der Waals surface area contributed by atoms with Crippen LogP contribution in [0.25, 0.3) is 0 Å². The summed E-state index contributed by atoms with van der Waals surface area (Å²) in [7, 11) is 0. The van der Waals surface area contributed by atoms with Crippen molar-refractivity contribution in [3.63, 3.8) is 0 Å². The van der Waals surface area contributed by atoms with Gasteiger partial charge < -0.3 is 20.1 Å². The smallest absolute Gasteiger partial charge is 0.265 e. The molecule has 0 radical (unpaired) electrons. The van der Waals surface area contributed by atoms with Crippen LogP contribution >= 0.6 is 0 Å². The highest BCUT2D eigenvalue weighted by Crippen LogP contribution is 2.35. The number of nitrogens with one attached hydrogen (secondary N) is 2. The molecule has 1 aliphatic rings. The Balaban J connectivity index is 1.76. The van der Waals surface area contributed by atoms with Gasteiger partial charge >= 0.3 is 0 Å². The van der Waals surface area contributed by atoms with Crippen molar-refractivity contribution in [3.8, 4) is 11.5 Å². The van der Waals surface area contributed by atoms with Gasteiger partial charge in [-0.05, 0) is 37.1 Å². The number of hydrogen-bond donors (Lipinski definition) is 2. The van der Waals surface area contributed by atoms with Crippen molar-refractivity contribution in [1.29, 1.82) is 0 Å². The third-order valence-corrected chi connectivity index (χ3v) is 3.92. The molecule has 3 rings (SSSR count). The molecule has 6 heteroatoms. The molecule has 6 nitrogen and oxygen atoms in total. The second kappa shape index (κ2) is 7.25. The quantitative estimate of drug-likeness (QED) is 0.877. The second-order valence-corrected chi connectivity index (χ2v) is 5.79. The number of fused-ring (bicyclic) bond motifs is 1. The molecule has 1 unspecified atom stereocenters. The van der Waals surface area contributed by atoms with E-state index in [0.717, 1.165) is 5.56 Å². The van der Waals surface area contributed by atoms with Crippen LogP contribution in [0.5, 0.6) is 11.5 Å². The second-order valence-electron chi connectivity index (χ2n) is 5.79. The monoisotopic (exact) mass is 340 g/mol. The van der Waals surface area contributed by atoms with Crippen LogP contribution in [0.4, 0.5) is 11.4 Å². The first-order chi connectivity index (χ1) is 12.1. The van der Waals surface area contributed by atoms with Gasteiger partial charge in [-0.3, -0.25) is 9.59 Å². The predicted molar refractivity (Wildman–Crippen MR) is 95.1 cm³/mol. The Bertz CT molecular complexity index is 804. The summed E-state index contributed by atoms with van der Waals surface area (Å²) in [4.78, 5) is 24.0. The number of benzene rings is 2. The molecule has 2 aromatic rings. The van der Waals surface area contributed by atoms with Crippen LogP contribution in [0.2, 0.25) is 0 Å². The molecule has 2 aromatic carbocycles. The number of carbonyl (C=O) groups is 2. The van der Waals surface area contributed by atoms with Crippen molar-refractivity contribution in [2.24, 2.45) is 0 Å². The molecule has 130 valence electrons. The summed E-state index contributed by atoms with van der Waals surface area (Å²) in [6.07, 6.45) is -0.109. The van der Waals surface area contributed by atoms with E-state index in [0.29, 0.717) is 29.3 Å². The summed E-state index contributed by atoms with van der Waals surface area (Å²) in [6.45, 7) is 3.75. The number of hydrogen-bond acceptors (Lipinski definition) is 4. The number of amides is 2. The maximum atomic E-state index is 12.6. The van der Waals surface area contributed by atoms with Crippen molar-refractivity contribution >= 4 is 23.2 Å². The van der Waals surface area contributed by atoms with Crippen LogP contribution < -0.4 is 20.1 Å². The lowest BCUT2D eigenvalue weighted by molar-refractivity contribution is -0.122. The van der Waals surface area contributed by atoms with E-state index in [1.165, 1.54) is 0 Å². The Morgan fingerprint density at radius 3 is 2.84 bits per heavy atom. The number of aryl methyl sites for hydroxylation is 1. The first kappa shape index (κ1) is 16.8. The Labute approximate surface area is 146 Å². The number of rotatable bonds is 5. The minimum absolute atomic E-state index is 0.0726. The van der Waals surface area contributed by atoms with Gasteiger partial charge in [0.1, 0.15) is 5.75 Å². The van der Waals surface area contributed by atoms with Crippen molar-refractivity contribution in [1.82, 2.24) is 0 Å². The zero-order valence-electron chi connectivity index (χ0n) is 14.2. The van der Waals surface area contributed by atoms with Gasteiger partial charge in [-0.15, -0.1) is 0 Å². The fraction of sp³-hybridized carbons (Fsp3) is 0.263. The fourth-order valence-electron chi connectivity index (χ4n) is 2.59. The fourth-order valence-corrected chi connectivity index (χ4v) is 2.59. The van der Waals surface area contributed by atoms with Crippen LogP contribution in [0.1, 0.15) is 18.9 Å². The topological polar surface area (TPSA) is 76.7 Å². The van der Waals surface area contributed by atoms with Crippen LogP contribution in [0.3, 0.4) is 0 Å². The molecular formula is C19H20N2O4. The maximum absolute atomic E-state index is 12.6. The first-order valence-corrected chi connectivity index (χ1v) is 8.17. The molecule has 1 aliphatic heterocycles. The first-order valence-electron chi connectivity index (χ1n) is 8.17. The van der Waals surface area contributed by atoms with E-state index in [2.05, 4.69) is 10.6 Å². The largest absolute Gasteiger partial charge is 0.480 e. The molecule has 0 saturated carbocycles. The van der Waals surface area contributed by atoms with Gasteiger partial charge in [0.25, 0.3) is 11.8 Å². The van der Waals surface area contributed by atoms with Crippen molar-refractivity contribution < 1.29 is 19.1 Å². The normalized spacial score (nSPS) is 13.9. The molecule has 1 heterocycles. The Morgan fingerprint density at radius 1 is 1.28 bits per heavy atom. The number of carbonyl (C=O) groups excluding carboxylic acids is 2. The number of anilines is 2. The van der Waals surface area contributed by atoms with Gasteiger partial charge in [0.2, 0.25) is 0 Å². The highest BCUT2D eigenvalue weighted by molar-refractivity contribution is 6.01. The number of ether oxygens (including phenoxy) is 2. The summed E-state index contributed by atoms with van der Waals surface area (Å²) in [5.41, 5.74) is 2.02. The molecular weight excluding hydrogens is 320 g/mol. The molecule has 2 amide bonds. The van der Waals surface area contributed by atoms with Crippen LogP contribution in [-0.2, 0) is 9.59 Å². The lowest BCUT2D eigenvalue weighted by atomic mass is 10.2. The third-order valence-electron chi connectivity index (χ3n) is 3.92. The molecule has 25 heavy (non-hydrogen) atoms. The summed E-state index contributed by atoms with van der Waals surface area (Å²) >= 11 is 0. The lowest BCUT2D eigenvalue weighted by Gasteiger charge is -2.22. The van der Waals surface area contributed by atoms with E-state index >= 15 is 0 Å². The van der Waals surface area contributed by atoms with Crippen molar-refractivity contribution in [2.75, 3.05) is 17.2 Å². The van der Waals surface area contributed by atoms with E-state index in [-0.39, 0.29) is 18.4 Å². The molecule has 0 spiro atoms. The molecule has 0 bridgehead atoms. The lowest BCUT2D eigenvalue weighted by Crippen LogP contribution is -2.33. The van der Waals surface area contributed by atoms with Crippen LogP contribution in [0, 0.1) is 6.92 Å². The van der Waals surface area contributed by atoms with Gasteiger partial charge in [-0.25, -0.2) is 0 Å². The predicted octanol–water partition coefficient (Wildman–Crippen LogP) is 3.12. The Hall–Kier alpha value is -3.02. The van der Waals surface area contributed by atoms with E-state index < -0.39 is 6.10 Å². The average Bonchev–Trinajstić information content (AvgIpc) is 2.61. The van der Waals surface area contributed by atoms with E-state index in [1.807, 2.05) is 38.1 Å². The van der Waals surface area contributed by atoms with Gasteiger partial charge in [0, 0.05) is 0 Å². The Morgan fingerprint density at radius 2 is 2.08 bits per heavy atom. The molecule has 1 atom stereocenters. The van der Waals surface area contributed by atoms with E-state index in [9.17, 15) is 9.59 Å². The maximum Gasteiger partial charge on any atom is 0.265 e. The molecule has 0 saturated heterocycles.